The molecule has 0 aliphatic heterocycles. The monoisotopic (exact) mass is 430 g/mol. The molecule has 0 aliphatic carbocycles. The molecule has 160 valence electrons. The van der Waals surface area contributed by atoms with Gasteiger partial charge >= 0.3 is 0 Å². The molecule has 4 rings (SSSR count). The van der Waals surface area contributed by atoms with E-state index < -0.39 is 11.7 Å². The van der Waals surface area contributed by atoms with Crippen molar-refractivity contribution < 1.29 is 18.4 Å². The van der Waals surface area contributed by atoms with Crippen LogP contribution < -0.4 is 10.6 Å². The van der Waals surface area contributed by atoms with Crippen LogP contribution in [0, 0.1) is 12.7 Å². The molecule has 8 heteroatoms. The number of hydrogen-bond acceptors (Lipinski definition) is 5. The fourth-order valence-electron chi connectivity index (χ4n) is 3.01. The molecule has 0 spiro atoms. The number of nitrogens with zero attached hydrogens (tertiary/aromatic N) is 2. The normalized spacial score (nSPS) is 10.6. The molecular weight excluding hydrogens is 411 g/mol. The lowest BCUT2D eigenvalue weighted by Gasteiger charge is -2.09. The fraction of sp³-hybridized carbons (Fsp3) is 0.0833. The maximum absolute atomic E-state index is 13.8. The van der Waals surface area contributed by atoms with Crippen LogP contribution in [0.2, 0.25) is 0 Å². The number of carbonyl (C=O) groups excluding carboxylic acids is 2. The Kier molecular flexibility index (Phi) is 5.76. The van der Waals surface area contributed by atoms with Gasteiger partial charge in [0.25, 0.3) is 5.91 Å². The minimum Gasteiger partial charge on any atom is -0.416 e. The van der Waals surface area contributed by atoms with E-state index in [1.807, 2.05) is 31.2 Å². The Labute approximate surface area is 183 Å². The first kappa shape index (κ1) is 20.9. The molecule has 4 aromatic rings. The molecule has 32 heavy (non-hydrogen) atoms. The van der Waals surface area contributed by atoms with E-state index in [-0.39, 0.29) is 11.6 Å². The van der Waals surface area contributed by atoms with Gasteiger partial charge in [-0.1, -0.05) is 17.7 Å². The van der Waals surface area contributed by atoms with E-state index in [0.29, 0.717) is 28.6 Å². The van der Waals surface area contributed by atoms with E-state index in [1.54, 1.807) is 24.3 Å². The van der Waals surface area contributed by atoms with Crippen molar-refractivity contribution in [1.82, 2.24) is 10.2 Å². The van der Waals surface area contributed by atoms with Crippen LogP contribution in [0.25, 0.3) is 22.9 Å². The highest BCUT2D eigenvalue weighted by atomic mass is 19.1. The molecule has 0 bridgehead atoms. The largest absolute Gasteiger partial charge is 0.416 e. The second-order valence-corrected chi connectivity index (χ2v) is 7.19. The van der Waals surface area contributed by atoms with Crippen molar-refractivity contribution in [2.24, 2.45) is 0 Å². The molecule has 0 aliphatic rings. The summed E-state index contributed by atoms with van der Waals surface area (Å²) in [7, 11) is 0. The zero-order chi connectivity index (χ0) is 22.7. The van der Waals surface area contributed by atoms with Gasteiger partial charge in [-0.05, 0) is 61.5 Å². The van der Waals surface area contributed by atoms with Gasteiger partial charge < -0.3 is 15.1 Å². The van der Waals surface area contributed by atoms with Crippen molar-refractivity contribution in [3.8, 4) is 22.9 Å². The number of benzene rings is 3. The molecule has 0 atom stereocenters. The number of amides is 2. The minimum atomic E-state index is -0.591. The van der Waals surface area contributed by atoms with Crippen molar-refractivity contribution in [2.45, 2.75) is 13.8 Å². The highest BCUT2D eigenvalue weighted by molar-refractivity contribution is 6.04. The number of nitrogens with one attached hydrogen (secondary N) is 2. The highest BCUT2D eigenvalue weighted by Crippen LogP contribution is 2.25. The quantitative estimate of drug-likeness (QED) is 0.461. The van der Waals surface area contributed by atoms with E-state index in [1.165, 1.54) is 25.1 Å². The van der Waals surface area contributed by atoms with Crippen molar-refractivity contribution in [3.05, 3.63) is 83.7 Å². The lowest BCUT2D eigenvalue weighted by Crippen LogP contribution is -2.13. The Bertz CT molecular complexity index is 1280. The van der Waals surface area contributed by atoms with E-state index in [9.17, 15) is 14.0 Å². The van der Waals surface area contributed by atoms with Gasteiger partial charge in [-0.2, -0.15) is 0 Å². The standard InChI is InChI=1S/C24H19FN4O3/c1-14-3-5-17(6-4-14)23-28-29-24(32-23)18-9-7-16(8-10-18)22(31)27-19-11-12-20(25)21(13-19)26-15(2)30/h3-13H,1-2H3,(H,26,30)(H,27,31). The third kappa shape index (κ3) is 4.70. The summed E-state index contributed by atoms with van der Waals surface area (Å²) in [5, 5.41) is 13.2. The van der Waals surface area contributed by atoms with Crippen LogP contribution in [0.1, 0.15) is 22.8 Å². The molecule has 1 heterocycles. The Hall–Kier alpha value is -4.33. The van der Waals surface area contributed by atoms with Gasteiger partial charge in [-0.15, -0.1) is 10.2 Å². The van der Waals surface area contributed by atoms with Gasteiger partial charge in [0.2, 0.25) is 17.7 Å². The van der Waals surface area contributed by atoms with Crippen LogP contribution in [-0.4, -0.2) is 22.0 Å². The summed E-state index contributed by atoms with van der Waals surface area (Å²) in [6, 6.07) is 18.3. The zero-order valence-corrected chi connectivity index (χ0v) is 17.3. The van der Waals surface area contributed by atoms with Crippen molar-refractivity contribution in [1.29, 1.82) is 0 Å². The SMILES string of the molecule is CC(=O)Nc1cc(NC(=O)c2ccc(-c3nnc(-c4ccc(C)cc4)o3)cc2)ccc1F. The zero-order valence-electron chi connectivity index (χ0n) is 17.3. The van der Waals surface area contributed by atoms with Crippen LogP contribution in [0.15, 0.2) is 71.1 Å². The summed E-state index contributed by atoms with van der Waals surface area (Å²) in [6.07, 6.45) is 0. The second kappa shape index (κ2) is 8.81. The molecular formula is C24H19FN4O3. The lowest BCUT2D eigenvalue weighted by atomic mass is 10.1. The van der Waals surface area contributed by atoms with Crippen molar-refractivity contribution >= 4 is 23.2 Å². The third-order valence-corrected chi connectivity index (χ3v) is 4.65. The first-order valence-corrected chi connectivity index (χ1v) is 9.78. The Morgan fingerprint density at radius 3 is 2.03 bits per heavy atom. The molecule has 3 aromatic carbocycles. The molecule has 0 radical (unpaired) electrons. The summed E-state index contributed by atoms with van der Waals surface area (Å²) in [6.45, 7) is 3.28. The molecule has 7 nitrogen and oxygen atoms in total. The average molecular weight is 430 g/mol. The molecule has 0 saturated heterocycles. The van der Waals surface area contributed by atoms with Gasteiger partial charge in [0.1, 0.15) is 5.82 Å². The summed E-state index contributed by atoms with van der Waals surface area (Å²) < 4.78 is 19.5. The van der Waals surface area contributed by atoms with Gasteiger partial charge in [-0.25, -0.2) is 4.39 Å². The van der Waals surface area contributed by atoms with Crippen molar-refractivity contribution in [3.63, 3.8) is 0 Å². The van der Waals surface area contributed by atoms with Crippen LogP contribution >= 0.6 is 0 Å². The maximum Gasteiger partial charge on any atom is 0.255 e. The number of hydrogen-bond donors (Lipinski definition) is 2. The Morgan fingerprint density at radius 2 is 1.44 bits per heavy atom. The second-order valence-electron chi connectivity index (χ2n) is 7.19. The minimum absolute atomic E-state index is 0.00794. The topological polar surface area (TPSA) is 97.1 Å². The number of halogens is 1. The first-order chi connectivity index (χ1) is 15.4. The van der Waals surface area contributed by atoms with Crippen LogP contribution in [0.5, 0.6) is 0 Å². The molecule has 0 unspecified atom stereocenters. The molecule has 2 amide bonds. The highest BCUT2D eigenvalue weighted by Gasteiger charge is 2.13. The van der Waals surface area contributed by atoms with E-state index in [4.69, 9.17) is 4.42 Å². The molecule has 0 fully saturated rings. The third-order valence-electron chi connectivity index (χ3n) is 4.65. The fourth-order valence-corrected chi connectivity index (χ4v) is 3.01. The van der Waals surface area contributed by atoms with Crippen LogP contribution in [0.3, 0.4) is 0 Å². The lowest BCUT2D eigenvalue weighted by molar-refractivity contribution is -0.114. The average Bonchev–Trinajstić information content (AvgIpc) is 3.26. The Morgan fingerprint density at radius 1 is 0.844 bits per heavy atom. The van der Waals surface area contributed by atoms with Crippen molar-refractivity contribution in [2.75, 3.05) is 10.6 Å². The number of carbonyl (C=O) groups is 2. The van der Waals surface area contributed by atoms with E-state index >= 15 is 0 Å². The van der Waals surface area contributed by atoms with Gasteiger partial charge in [0.05, 0.1) is 5.69 Å². The van der Waals surface area contributed by atoms with Gasteiger partial charge in [0, 0.05) is 29.3 Å². The summed E-state index contributed by atoms with van der Waals surface area (Å²) in [5.41, 5.74) is 3.35. The molecule has 2 N–H and O–H groups in total. The van der Waals surface area contributed by atoms with E-state index in [2.05, 4.69) is 20.8 Å². The summed E-state index contributed by atoms with van der Waals surface area (Å²) >= 11 is 0. The first-order valence-electron chi connectivity index (χ1n) is 9.78. The van der Waals surface area contributed by atoms with Crippen LogP contribution in [0.4, 0.5) is 15.8 Å². The van der Waals surface area contributed by atoms with Crippen LogP contribution in [-0.2, 0) is 4.79 Å². The number of aryl methyl sites for hydroxylation is 1. The Balaban J connectivity index is 1.47. The molecule has 0 saturated carbocycles. The number of aromatic nitrogens is 2. The van der Waals surface area contributed by atoms with E-state index in [0.717, 1.165) is 11.1 Å². The maximum atomic E-state index is 13.8. The predicted octanol–water partition coefficient (Wildman–Crippen LogP) is 5.06. The predicted molar refractivity (Wildman–Crippen MR) is 119 cm³/mol. The molecule has 1 aromatic heterocycles. The number of anilines is 2. The summed E-state index contributed by atoms with van der Waals surface area (Å²) in [4.78, 5) is 23.7. The number of rotatable bonds is 5. The van der Waals surface area contributed by atoms with Gasteiger partial charge in [0.15, 0.2) is 0 Å². The summed E-state index contributed by atoms with van der Waals surface area (Å²) in [5.74, 6) is -0.636. The smallest absolute Gasteiger partial charge is 0.255 e. The van der Waals surface area contributed by atoms with Gasteiger partial charge in [-0.3, -0.25) is 9.59 Å².